The third-order valence-electron chi connectivity index (χ3n) is 2.88. The van der Waals surface area contributed by atoms with E-state index < -0.39 is 0 Å². The van der Waals surface area contributed by atoms with Gasteiger partial charge >= 0.3 is 0 Å². The molecular weight excluding hydrogens is 287 g/mol. The number of carbonyl (C=O) groups is 1. The number of benzene rings is 1. The van der Waals surface area contributed by atoms with Crippen LogP contribution in [0.1, 0.15) is 6.42 Å². The topological polar surface area (TPSA) is 50.4 Å². The Labute approximate surface area is 124 Å². The van der Waals surface area contributed by atoms with Crippen LogP contribution >= 0.6 is 24.0 Å². The van der Waals surface area contributed by atoms with Gasteiger partial charge in [-0.2, -0.15) is 0 Å². The molecule has 4 nitrogen and oxygen atoms in total. The zero-order valence-corrected chi connectivity index (χ0v) is 12.1. The first-order chi connectivity index (χ1) is 8.75. The summed E-state index contributed by atoms with van der Waals surface area (Å²) in [6.07, 6.45) is 0.353. The molecule has 1 amide bonds. The van der Waals surface area contributed by atoms with E-state index in [9.17, 15) is 4.79 Å². The monoisotopic (exact) mass is 304 g/mol. The number of rotatable bonds is 6. The highest BCUT2D eigenvalue weighted by Crippen LogP contribution is 2.22. The van der Waals surface area contributed by atoms with Crippen LogP contribution in [0.25, 0.3) is 0 Å². The average Bonchev–Trinajstić information content (AvgIpc) is 2.30. The van der Waals surface area contributed by atoms with Crippen molar-refractivity contribution in [2.75, 3.05) is 26.2 Å². The van der Waals surface area contributed by atoms with Crippen molar-refractivity contribution in [3.05, 3.63) is 29.3 Å². The quantitative estimate of drug-likeness (QED) is 0.843. The van der Waals surface area contributed by atoms with Gasteiger partial charge in [0.1, 0.15) is 5.75 Å². The number of carbonyl (C=O) groups excluding carboxylic acids is 1. The van der Waals surface area contributed by atoms with E-state index >= 15 is 0 Å². The highest BCUT2D eigenvalue weighted by molar-refractivity contribution is 6.32. The number of para-hydroxylation sites is 1. The zero-order valence-electron chi connectivity index (χ0n) is 10.5. The van der Waals surface area contributed by atoms with E-state index in [2.05, 4.69) is 10.6 Å². The van der Waals surface area contributed by atoms with Crippen LogP contribution in [0.15, 0.2) is 24.3 Å². The van der Waals surface area contributed by atoms with Crippen molar-refractivity contribution in [2.24, 2.45) is 5.92 Å². The van der Waals surface area contributed by atoms with Gasteiger partial charge in [0.2, 0.25) is 5.91 Å². The average molecular weight is 305 g/mol. The van der Waals surface area contributed by atoms with Crippen LogP contribution in [-0.2, 0) is 4.79 Å². The Kier molecular flexibility index (Phi) is 6.99. The summed E-state index contributed by atoms with van der Waals surface area (Å²) in [7, 11) is 0. The standard InChI is InChI=1S/C13H17ClN2O2.ClH/c14-11-3-1-2-4-12(11)18-6-5-13(17)16-9-10-7-15-8-10;/h1-4,10,15H,5-9H2,(H,16,17);1H. The molecule has 0 saturated carbocycles. The number of hydrogen-bond donors (Lipinski definition) is 2. The van der Waals surface area contributed by atoms with Crippen molar-refractivity contribution < 1.29 is 9.53 Å². The molecule has 1 saturated heterocycles. The molecule has 2 rings (SSSR count). The lowest BCUT2D eigenvalue weighted by molar-refractivity contribution is -0.121. The van der Waals surface area contributed by atoms with Crippen LogP contribution < -0.4 is 15.4 Å². The summed E-state index contributed by atoms with van der Waals surface area (Å²) in [6, 6.07) is 7.25. The molecule has 6 heteroatoms. The fourth-order valence-corrected chi connectivity index (χ4v) is 1.85. The number of halogens is 2. The van der Waals surface area contributed by atoms with Crippen molar-refractivity contribution in [3.8, 4) is 5.75 Å². The molecule has 0 aromatic heterocycles. The molecule has 2 N–H and O–H groups in total. The third-order valence-corrected chi connectivity index (χ3v) is 3.19. The predicted molar refractivity (Wildman–Crippen MR) is 78.2 cm³/mol. The first-order valence-corrected chi connectivity index (χ1v) is 6.48. The molecule has 1 aromatic rings. The minimum absolute atomic E-state index is 0. The molecule has 1 aliphatic heterocycles. The summed E-state index contributed by atoms with van der Waals surface area (Å²) in [5.41, 5.74) is 0. The molecule has 1 fully saturated rings. The van der Waals surface area contributed by atoms with Crippen molar-refractivity contribution >= 4 is 29.9 Å². The van der Waals surface area contributed by atoms with Crippen LogP contribution in [0.3, 0.4) is 0 Å². The maximum atomic E-state index is 11.5. The van der Waals surface area contributed by atoms with Gasteiger partial charge in [0.25, 0.3) is 0 Å². The summed E-state index contributed by atoms with van der Waals surface area (Å²) in [6.45, 7) is 3.09. The lowest BCUT2D eigenvalue weighted by atomic mass is 10.0. The van der Waals surface area contributed by atoms with Crippen LogP contribution in [0, 0.1) is 5.92 Å². The van der Waals surface area contributed by atoms with Crippen molar-refractivity contribution in [1.82, 2.24) is 10.6 Å². The van der Waals surface area contributed by atoms with Gasteiger partial charge in [0.15, 0.2) is 0 Å². The fraction of sp³-hybridized carbons (Fsp3) is 0.462. The minimum atomic E-state index is 0. The number of hydrogen-bond acceptors (Lipinski definition) is 3. The van der Waals surface area contributed by atoms with E-state index in [-0.39, 0.29) is 18.3 Å². The van der Waals surface area contributed by atoms with E-state index in [0.717, 1.165) is 19.6 Å². The molecule has 1 aromatic carbocycles. The maximum absolute atomic E-state index is 11.5. The molecular formula is C13H18Cl2N2O2. The molecule has 0 atom stereocenters. The van der Waals surface area contributed by atoms with Crippen molar-refractivity contribution in [2.45, 2.75) is 6.42 Å². The van der Waals surface area contributed by atoms with E-state index in [1.54, 1.807) is 12.1 Å². The smallest absolute Gasteiger partial charge is 0.223 e. The fourth-order valence-electron chi connectivity index (χ4n) is 1.65. The van der Waals surface area contributed by atoms with Gasteiger partial charge < -0.3 is 15.4 Å². The summed E-state index contributed by atoms with van der Waals surface area (Å²) >= 11 is 5.94. The summed E-state index contributed by atoms with van der Waals surface area (Å²) in [4.78, 5) is 11.5. The second-order valence-corrected chi connectivity index (χ2v) is 4.76. The molecule has 0 radical (unpaired) electrons. The normalized spacial score (nSPS) is 14.2. The third kappa shape index (κ3) is 5.27. The first kappa shape index (κ1) is 16.1. The number of ether oxygens (including phenoxy) is 1. The van der Waals surface area contributed by atoms with Gasteiger partial charge in [-0.15, -0.1) is 12.4 Å². The Morgan fingerprint density at radius 1 is 1.42 bits per heavy atom. The second kappa shape index (κ2) is 8.25. The van der Waals surface area contributed by atoms with E-state index in [1.165, 1.54) is 0 Å². The highest BCUT2D eigenvalue weighted by atomic mass is 35.5. The van der Waals surface area contributed by atoms with Crippen molar-refractivity contribution in [1.29, 1.82) is 0 Å². The molecule has 1 heterocycles. The van der Waals surface area contributed by atoms with Crippen LogP contribution in [0.4, 0.5) is 0 Å². The summed E-state index contributed by atoms with van der Waals surface area (Å²) < 4.78 is 5.45. The molecule has 106 valence electrons. The maximum Gasteiger partial charge on any atom is 0.223 e. The van der Waals surface area contributed by atoms with Crippen molar-refractivity contribution in [3.63, 3.8) is 0 Å². The summed E-state index contributed by atoms with van der Waals surface area (Å²) in [5.74, 6) is 1.22. The Balaban J connectivity index is 0.00000180. The van der Waals surface area contributed by atoms with Gasteiger partial charge in [-0.25, -0.2) is 0 Å². The Morgan fingerprint density at radius 3 is 2.79 bits per heavy atom. The van der Waals surface area contributed by atoms with Gasteiger partial charge in [-0.3, -0.25) is 4.79 Å². The lowest BCUT2D eigenvalue weighted by Crippen LogP contribution is -2.48. The first-order valence-electron chi connectivity index (χ1n) is 6.10. The van der Waals surface area contributed by atoms with Gasteiger partial charge in [0.05, 0.1) is 18.1 Å². The van der Waals surface area contributed by atoms with Crippen LogP contribution in [-0.4, -0.2) is 32.1 Å². The van der Waals surface area contributed by atoms with Crippen LogP contribution in [0.2, 0.25) is 5.02 Å². The van der Waals surface area contributed by atoms with Gasteiger partial charge in [0, 0.05) is 25.6 Å². The van der Waals surface area contributed by atoms with Gasteiger partial charge in [-0.1, -0.05) is 23.7 Å². The zero-order chi connectivity index (χ0) is 12.8. The SMILES string of the molecule is Cl.O=C(CCOc1ccccc1Cl)NCC1CNC1. The summed E-state index contributed by atoms with van der Waals surface area (Å²) in [5, 5.41) is 6.63. The molecule has 19 heavy (non-hydrogen) atoms. The molecule has 0 unspecified atom stereocenters. The minimum Gasteiger partial charge on any atom is -0.491 e. The molecule has 1 aliphatic rings. The van der Waals surface area contributed by atoms with E-state index in [4.69, 9.17) is 16.3 Å². The predicted octanol–water partition coefficient (Wildman–Crippen LogP) is 1.87. The number of nitrogens with one attached hydrogen (secondary N) is 2. The van der Waals surface area contributed by atoms with Gasteiger partial charge in [-0.05, 0) is 12.1 Å². The highest BCUT2D eigenvalue weighted by Gasteiger charge is 2.16. The Bertz CT molecular complexity index is 411. The second-order valence-electron chi connectivity index (χ2n) is 4.36. The lowest BCUT2D eigenvalue weighted by Gasteiger charge is -2.27. The molecule has 0 bridgehead atoms. The largest absolute Gasteiger partial charge is 0.491 e. The van der Waals surface area contributed by atoms with E-state index in [0.29, 0.717) is 29.7 Å². The number of amides is 1. The molecule has 0 aliphatic carbocycles. The van der Waals surface area contributed by atoms with E-state index in [1.807, 2.05) is 12.1 Å². The Morgan fingerprint density at radius 2 is 2.16 bits per heavy atom. The molecule has 0 spiro atoms. The Hall–Kier alpha value is -0.970. The van der Waals surface area contributed by atoms with Crippen LogP contribution in [0.5, 0.6) is 5.75 Å².